The van der Waals surface area contributed by atoms with Crippen molar-refractivity contribution in [2.24, 2.45) is 5.92 Å². The number of piperidine rings is 1. The Morgan fingerprint density at radius 3 is 2.50 bits per heavy atom. The van der Waals surface area contributed by atoms with Crippen molar-refractivity contribution in [3.05, 3.63) is 22.5 Å². The summed E-state index contributed by atoms with van der Waals surface area (Å²) in [6, 6.07) is 0. The van der Waals surface area contributed by atoms with E-state index in [1.54, 1.807) is 12.0 Å². The van der Waals surface area contributed by atoms with Gasteiger partial charge in [0, 0.05) is 52.3 Å². The van der Waals surface area contributed by atoms with Crippen molar-refractivity contribution in [3.63, 3.8) is 0 Å². The molecule has 1 atom stereocenters. The molecule has 0 bridgehead atoms. The Morgan fingerprint density at radius 2 is 1.93 bits per heavy atom. The second-order valence-electron chi connectivity index (χ2n) is 8.96. The molecule has 7 heteroatoms. The number of carbonyl (C=O) groups is 2. The molecular formula is C23H38N3O4+. The standard InChI is InChI=1S/C23H37N3O4/c1-16-21(17(2)24-22(16)18(3)27)23(28)26(15-20-6-5-12-30-20)14-19-7-9-25(10-8-19)11-13-29-4/h19-20,24H,5-15H2,1-4H3/p+1. The summed E-state index contributed by atoms with van der Waals surface area (Å²) in [5.74, 6) is 0.499. The first-order valence-corrected chi connectivity index (χ1v) is 11.3. The highest BCUT2D eigenvalue weighted by atomic mass is 16.5. The molecule has 2 aliphatic heterocycles. The maximum atomic E-state index is 13.6. The van der Waals surface area contributed by atoms with Gasteiger partial charge in [0.25, 0.3) is 5.91 Å². The molecule has 1 unspecified atom stereocenters. The van der Waals surface area contributed by atoms with Crippen LogP contribution in [0.15, 0.2) is 0 Å². The highest BCUT2D eigenvalue weighted by Crippen LogP contribution is 2.24. The molecule has 0 aliphatic carbocycles. The number of Topliss-reactive ketones (excluding diaryl/α,β-unsaturated/α-hetero) is 1. The Labute approximate surface area is 180 Å². The quantitative estimate of drug-likeness (QED) is 0.592. The summed E-state index contributed by atoms with van der Waals surface area (Å²) in [7, 11) is 1.75. The van der Waals surface area contributed by atoms with E-state index in [1.807, 2.05) is 18.7 Å². The number of H-pyrrole nitrogens is 1. The largest absolute Gasteiger partial charge is 0.379 e. The van der Waals surface area contributed by atoms with Crippen LogP contribution in [-0.2, 0) is 9.47 Å². The minimum atomic E-state index is -0.0354. The van der Waals surface area contributed by atoms with E-state index in [2.05, 4.69) is 4.98 Å². The van der Waals surface area contributed by atoms with Crippen molar-refractivity contribution in [2.45, 2.75) is 52.6 Å². The van der Waals surface area contributed by atoms with Crippen LogP contribution in [0.5, 0.6) is 0 Å². The minimum Gasteiger partial charge on any atom is -0.379 e. The number of aromatic amines is 1. The number of ketones is 1. The molecule has 2 N–H and O–H groups in total. The fourth-order valence-corrected chi connectivity index (χ4v) is 4.93. The van der Waals surface area contributed by atoms with Gasteiger partial charge in [-0.1, -0.05) is 0 Å². The van der Waals surface area contributed by atoms with Gasteiger partial charge in [-0.15, -0.1) is 0 Å². The molecular weight excluding hydrogens is 382 g/mol. The van der Waals surface area contributed by atoms with E-state index in [4.69, 9.17) is 9.47 Å². The number of ether oxygens (including phenoxy) is 2. The lowest BCUT2D eigenvalue weighted by Crippen LogP contribution is -3.13. The second-order valence-corrected chi connectivity index (χ2v) is 8.96. The van der Waals surface area contributed by atoms with Crippen molar-refractivity contribution < 1.29 is 24.0 Å². The molecule has 2 saturated heterocycles. The van der Waals surface area contributed by atoms with Crippen LogP contribution in [0.3, 0.4) is 0 Å². The van der Waals surface area contributed by atoms with Crippen LogP contribution < -0.4 is 4.90 Å². The maximum Gasteiger partial charge on any atom is 0.256 e. The highest BCUT2D eigenvalue weighted by molar-refractivity contribution is 6.02. The van der Waals surface area contributed by atoms with Gasteiger partial charge in [0.15, 0.2) is 5.78 Å². The van der Waals surface area contributed by atoms with E-state index in [0.717, 1.165) is 76.3 Å². The van der Waals surface area contributed by atoms with Gasteiger partial charge in [0.05, 0.1) is 37.1 Å². The van der Waals surface area contributed by atoms with Crippen molar-refractivity contribution >= 4 is 11.7 Å². The second kappa shape index (κ2) is 10.6. The normalized spacial score (nSPS) is 24.2. The minimum absolute atomic E-state index is 0.0263. The fraction of sp³-hybridized carbons (Fsp3) is 0.739. The number of quaternary nitrogens is 1. The Bertz CT molecular complexity index is 731. The zero-order valence-electron chi connectivity index (χ0n) is 19.0. The van der Waals surface area contributed by atoms with Gasteiger partial charge in [-0.05, 0) is 38.2 Å². The summed E-state index contributed by atoms with van der Waals surface area (Å²) < 4.78 is 11.1. The fourth-order valence-electron chi connectivity index (χ4n) is 4.93. The summed E-state index contributed by atoms with van der Waals surface area (Å²) in [4.78, 5) is 32.3. The van der Waals surface area contributed by atoms with E-state index < -0.39 is 0 Å². The third-order valence-electron chi connectivity index (χ3n) is 6.69. The molecule has 2 aliphatic rings. The van der Waals surface area contributed by atoms with E-state index in [0.29, 0.717) is 23.7 Å². The number of methoxy groups -OCH3 is 1. The number of nitrogens with one attached hydrogen (secondary N) is 2. The summed E-state index contributed by atoms with van der Waals surface area (Å²) in [5.41, 5.74) is 2.74. The van der Waals surface area contributed by atoms with E-state index >= 15 is 0 Å². The maximum absolute atomic E-state index is 13.6. The van der Waals surface area contributed by atoms with Crippen LogP contribution in [0, 0.1) is 19.8 Å². The van der Waals surface area contributed by atoms with Crippen LogP contribution >= 0.6 is 0 Å². The lowest BCUT2D eigenvalue weighted by Gasteiger charge is -2.34. The molecule has 3 heterocycles. The Hall–Kier alpha value is -1.70. The third-order valence-corrected chi connectivity index (χ3v) is 6.69. The highest BCUT2D eigenvalue weighted by Gasteiger charge is 2.31. The predicted molar refractivity (Wildman–Crippen MR) is 115 cm³/mol. The first kappa shape index (κ1) is 23.0. The van der Waals surface area contributed by atoms with Crippen molar-refractivity contribution in [3.8, 4) is 0 Å². The summed E-state index contributed by atoms with van der Waals surface area (Å²) >= 11 is 0. The zero-order valence-corrected chi connectivity index (χ0v) is 19.0. The molecule has 168 valence electrons. The van der Waals surface area contributed by atoms with Crippen molar-refractivity contribution in [1.82, 2.24) is 9.88 Å². The van der Waals surface area contributed by atoms with Gasteiger partial charge in [-0.3, -0.25) is 9.59 Å². The molecule has 30 heavy (non-hydrogen) atoms. The molecule has 0 saturated carbocycles. The number of nitrogens with zero attached hydrogens (tertiary/aromatic N) is 1. The average Bonchev–Trinajstić information content (AvgIpc) is 3.34. The number of aryl methyl sites for hydroxylation is 1. The van der Waals surface area contributed by atoms with Gasteiger partial charge >= 0.3 is 0 Å². The number of amides is 1. The number of hydrogen-bond donors (Lipinski definition) is 2. The van der Waals surface area contributed by atoms with E-state index in [1.165, 1.54) is 6.92 Å². The molecule has 1 amide bonds. The zero-order chi connectivity index (χ0) is 21.7. The van der Waals surface area contributed by atoms with Crippen LogP contribution in [-0.4, -0.2) is 80.7 Å². The number of likely N-dealkylation sites (tertiary alicyclic amines) is 1. The molecule has 2 fully saturated rings. The lowest BCUT2D eigenvalue weighted by atomic mass is 9.95. The van der Waals surface area contributed by atoms with E-state index in [-0.39, 0.29) is 17.8 Å². The molecule has 1 aromatic heterocycles. The van der Waals surface area contributed by atoms with Crippen molar-refractivity contribution in [2.75, 3.05) is 53.0 Å². The van der Waals surface area contributed by atoms with Gasteiger partial charge < -0.3 is 24.3 Å². The van der Waals surface area contributed by atoms with Crippen LogP contribution in [0.4, 0.5) is 0 Å². The predicted octanol–water partition coefficient (Wildman–Crippen LogP) is 1.40. The van der Waals surface area contributed by atoms with Crippen LogP contribution in [0.2, 0.25) is 0 Å². The lowest BCUT2D eigenvalue weighted by molar-refractivity contribution is -0.906. The summed E-state index contributed by atoms with van der Waals surface area (Å²) in [6.45, 7) is 11.6. The SMILES string of the molecule is COCC[NH+]1CCC(CN(CC2CCCO2)C(=O)c2c(C)[nH]c(C(C)=O)c2C)CC1. The van der Waals surface area contributed by atoms with Gasteiger partial charge in [-0.25, -0.2) is 0 Å². The summed E-state index contributed by atoms with van der Waals surface area (Å²) in [5, 5.41) is 0. The smallest absolute Gasteiger partial charge is 0.256 e. The number of aromatic nitrogens is 1. The van der Waals surface area contributed by atoms with E-state index in [9.17, 15) is 9.59 Å². The molecule has 0 aromatic carbocycles. The topological polar surface area (TPSA) is 76.1 Å². The Kier molecular flexibility index (Phi) is 8.08. The summed E-state index contributed by atoms with van der Waals surface area (Å²) in [6.07, 6.45) is 4.43. The molecule has 0 spiro atoms. The Morgan fingerprint density at radius 1 is 1.20 bits per heavy atom. The first-order valence-electron chi connectivity index (χ1n) is 11.3. The Balaban J connectivity index is 1.71. The molecule has 7 nitrogen and oxygen atoms in total. The average molecular weight is 421 g/mol. The third kappa shape index (κ3) is 5.50. The molecule has 1 aromatic rings. The number of hydrogen-bond acceptors (Lipinski definition) is 4. The first-order chi connectivity index (χ1) is 14.4. The van der Waals surface area contributed by atoms with Crippen LogP contribution in [0.25, 0.3) is 0 Å². The molecule has 3 rings (SSSR count). The van der Waals surface area contributed by atoms with Gasteiger partial charge in [0.2, 0.25) is 0 Å². The number of rotatable bonds is 9. The number of carbonyl (C=O) groups excluding carboxylic acids is 2. The molecule has 0 radical (unpaired) electrons. The van der Waals surface area contributed by atoms with Gasteiger partial charge in [-0.2, -0.15) is 0 Å². The van der Waals surface area contributed by atoms with Gasteiger partial charge in [0.1, 0.15) is 6.54 Å². The van der Waals surface area contributed by atoms with Crippen LogP contribution in [0.1, 0.15) is 64.7 Å². The van der Waals surface area contributed by atoms with Crippen molar-refractivity contribution in [1.29, 1.82) is 0 Å². The monoisotopic (exact) mass is 420 g/mol.